The number of nitrogen functional groups attached to an aromatic ring is 1. The summed E-state index contributed by atoms with van der Waals surface area (Å²) >= 11 is 0. The number of nitrogens with two attached hydrogens (primary N) is 1. The summed E-state index contributed by atoms with van der Waals surface area (Å²) in [5.41, 5.74) is 8.40. The summed E-state index contributed by atoms with van der Waals surface area (Å²) < 4.78 is 11.2. The SMILES string of the molecule is CC(C)COC(=O)c1ccc(Nc2ncnc(Oc3cccc4cccnc34)c2N)cc1. The Hall–Kier alpha value is -4.20. The van der Waals surface area contributed by atoms with Crippen molar-refractivity contribution in [2.75, 3.05) is 17.7 Å². The molecule has 0 saturated heterocycles. The molecule has 8 nitrogen and oxygen atoms in total. The fourth-order valence-corrected chi connectivity index (χ4v) is 2.98. The third-order valence-electron chi connectivity index (χ3n) is 4.58. The van der Waals surface area contributed by atoms with Crippen molar-refractivity contribution in [3.63, 3.8) is 0 Å². The molecule has 0 aliphatic rings. The minimum absolute atomic E-state index is 0.217. The maximum absolute atomic E-state index is 12.1. The topological polar surface area (TPSA) is 112 Å². The van der Waals surface area contributed by atoms with Gasteiger partial charge in [-0.1, -0.05) is 32.0 Å². The molecule has 0 fully saturated rings. The van der Waals surface area contributed by atoms with E-state index in [4.69, 9.17) is 15.2 Å². The van der Waals surface area contributed by atoms with Gasteiger partial charge >= 0.3 is 5.97 Å². The van der Waals surface area contributed by atoms with Crippen LogP contribution in [0.3, 0.4) is 0 Å². The highest BCUT2D eigenvalue weighted by molar-refractivity contribution is 5.90. The highest BCUT2D eigenvalue weighted by Crippen LogP contribution is 2.33. The Morgan fingerprint density at radius 2 is 1.81 bits per heavy atom. The first-order valence-corrected chi connectivity index (χ1v) is 10.2. The maximum atomic E-state index is 12.1. The van der Waals surface area contributed by atoms with Gasteiger partial charge in [0.1, 0.15) is 17.5 Å². The number of para-hydroxylation sites is 1. The summed E-state index contributed by atoms with van der Waals surface area (Å²) in [5.74, 6) is 1.07. The van der Waals surface area contributed by atoms with E-state index in [2.05, 4.69) is 20.3 Å². The van der Waals surface area contributed by atoms with Gasteiger partial charge < -0.3 is 20.5 Å². The van der Waals surface area contributed by atoms with Crippen LogP contribution in [-0.4, -0.2) is 27.5 Å². The number of nitrogens with one attached hydrogen (secondary N) is 1. The maximum Gasteiger partial charge on any atom is 0.338 e. The molecule has 0 unspecified atom stereocenters. The highest BCUT2D eigenvalue weighted by Gasteiger charge is 2.13. The molecule has 3 N–H and O–H groups in total. The third-order valence-corrected chi connectivity index (χ3v) is 4.58. The molecular formula is C24H23N5O3. The number of rotatable bonds is 7. The number of pyridine rings is 1. The van der Waals surface area contributed by atoms with Crippen LogP contribution in [0.2, 0.25) is 0 Å². The van der Waals surface area contributed by atoms with Gasteiger partial charge in [0.2, 0.25) is 5.88 Å². The van der Waals surface area contributed by atoms with Gasteiger partial charge in [-0.25, -0.2) is 9.78 Å². The largest absolute Gasteiger partial charge is 0.462 e. The summed E-state index contributed by atoms with van der Waals surface area (Å²) in [7, 11) is 0. The number of aromatic nitrogens is 3. The first-order valence-electron chi connectivity index (χ1n) is 10.2. The third kappa shape index (κ3) is 4.75. The average Bonchev–Trinajstić information content (AvgIpc) is 2.81. The molecule has 0 aliphatic carbocycles. The molecule has 0 amide bonds. The highest BCUT2D eigenvalue weighted by atomic mass is 16.5. The number of carbonyl (C=O) groups is 1. The molecule has 0 bridgehead atoms. The first kappa shape index (κ1) is 21.0. The van der Waals surface area contributed by atoms with Crippen molar-refractivity contribution in [2.45, 2.75) is 13.8 Å². The normalized spacial score (nSPS) is 10.8. The smallest absolute Gasteiger partial charge is 0.338 e. The zero-order valence-corrected chi connectivity index (χ0v) is 17.8. The van der Waals surface area contributed by atoms with Gasteiger partial charge in [-0.15, -0.1) is 0 Å². The van der Waals surface area contributed by atoms with Crippen LogP contribution in [0.1, 0.15) is 24.2 Å². The molecule has 0 saturated carbocycles. The standard InChI is InChI=1S/C24H23N5O3/c1-15(2)13-31-24(30)17-8-10-18(11-9-17)29-22-20(25)23(28-14-27-22)32-19-7-3-5-16-6-4-12-26-21(16)19/h3-12,14-15H,13,25H2,1-2H3,(H,27,28,29). The number of esters is 1. The second-order valence-corrected chi connectivity index (χ2v) is 7.57. The fourth-order valence-electron chi connectivity index (χ4n) is 2.98. The number of ether oxygens (including phenoxy) is 2. The van der Waals surface area contributed by atoms with E-state index >= 15 is 0 Å². The van der Waals surface area contributed by atoms with Crippen LogP contribution in [0.4, 0.5) is 17.2 Å². The number of benzene rings is 2. The van der Waals surface area contributed by atoms with Crippen molar-refractivity contribution in [3.8, 4) is 11.6 Å². The Morgan fingerprint density at radius 1 is 1.03 bits per heavy atom. The molecule has 0 atom stereocenters. The molecule has 32 heavy (non-hydrogen) atoms. The Balaban J connectivity index is 1.51. The molecule has 0 spiro atoms. The van der Waals surface area contributed by atoms with E-state index in [1.165, 1.54) is 6.33 Å². The van der Waals surface area contributed by atoms with Gasteiger partial charge in [0.05, 0.1) is 12.2 Å². The van der Waals surface area contributed by atoms with Gasteiger partial charge in [-0.2, -0.15) is 4.98 Å². The number of hydrogen-bond donors (Lipinski definition) is 2. The Labute approximate surface area is 185 Å². The van der Waals surface area contributed by atoms with Crippen LogP contribution in [0.15, 0.2) is 67.1 Å². The molecular weight excluding hydrogens is 406 g/mol. The van der Waals surface area contributed by atoms with E-state index < -0.39 is 0 Å². The van der Waals surface area contributed by atoms with Crippen LogP contribution in [-0.2, 0) is 4.74 Å². The van der Waals surface area contributed by atoms with Gasteiger partial charge in [0, 0.05) is 17.3 Å². The van der Waals surface area contributed by atoms with E-state index in [1.54, 1.807) is 36.5 Å². The fraction of sp³-hybridized carbons (Fsp3) is 0.167. The molecule has 8 heteroatoms. The van der Waals surface area contributed by atoms with Gasteiger partial charge in [-0.05, 0) is 42.3 Å². The summed E-state index contributed by atoms with van der Waals surface area (Å²) in [4.78, 5) is 24.8. The van der Waals surface area contributed by atoms with Gasteiger partial charge in [0.15, 0.2) is 11.6 Å². The van der Waals surface area contributed by atoms with Crippen molar-refractivity contribution in [1.29, 1.82) is 0 Å². The molecule has 4 rings (SSSR count). The zero-order chi connectivity index (χ0) is 22.5. The molecule has 0 radical (unpaired) electrons. The average molecular weight is 429 g/mol. The number of fused-ring (bicyclic) bond motifs is 1. The second-order valence-electron chi connectivity index (χ2n) is 7.57. The van der Waals surface area contributed by atoms with Crippen LogP contribution in [0, 0.1) is 5.92 Å². The number of carbonyl (C=O) groups excluding carboxylic acids is 1. The Kier molecular flexibility index (Phi) is 6.12. The lowest BCUT2D eigenvalue weighted by Crippen LogP contribution is -2.10. The van der Waals surface area contributed by atoms with Crippen molar-refractivity contribution in [2.24, 2.45) is 5.92 Å². The van der Waals surface area contributed by atoms with Crippen molar-refractivity contribution >= 4 is 34.1 Å². The minimum Gasteiger partial charge on any atom is -0.462 e. The molecule has 162 valence electrons. The predicted molar refractivity (Wildman–Crippen MR) is 123 cm³/mol. The van der Waals surface area contributed by atoms with E-state index in [9.17, 15) is 4.79 Å². The molecule has 4 aromatic rings. The molecule has 2 aromatic carbocycles. The first-order chi connectivity index (χ1) is 15.5. The molecule has 0 aliphatic heterocycles. The van der Waals surface area contributed by atoms with Crippen LogP contribution >= 0.6 is 0 Å². The summed E-state index contributed by atoms with van der Waals surface area (Å²) in [6.45, 7) is 4.35. The lowest BCUT2D eigenvalue weighted by molar-refractivity contribution is 0.0459. The zero-order valence-electron chi connectivity index (χ0n) is 17.8. The quantitative estimate of drug-likeness (QED) is 0.397. The van der Waals surface area contributed by atoms with E-state index in [0.717, 1.165) is 5.39 Å². The molecule has 2 heterocycles. The van der Waals surface area contributed by atoms with Gasteiger partial charge in [-0.3, -0.25) is 4.98 Å². The number of anilines is 3. The van der Waals surface area contributed by atoms with Crippen molar-refractivity contribution < 1.29 is 14.3 Å². The predicted octanol–water partition coefficient (Wildman–Crippen LogP) is 4.96. The summed E-state index contributed by atoms with van der Waals surface area (Å²) in [5, 5.41) is 4.08. The minimum atomic E-state index is -0.355. The van der Waals surface area contributed by atoms with E-state index in [1.807, 2.05) is 38.1 Å². The van der Waals surface area contributed by atoms with E-state index in [0.29, 0.717) is 34.9 Å². The summed E-state index contributed by atoms with van der Waals surface area (Å²) in [6.07, 6.45) is 3.07. The van der Waals surface area contributed by atoms with E-state index in [-0.39, 0.29) is 23.5 Å². The summed E-state index contributed by atoms with van der Waals surface area (Å²) in [6, 6.07) is 16.3. The number of nitrogens with zero attached hydrogens (tertiary/aromatic N) is 3. The van der Waals surface area contributed by atoms with Crippen molar-refractivity contribution in [3.05, 3.63) is 72.7 Å². The van der Waals surface area contributed by atoms with Crippen LogP contribution in [0.5, 0.6) is 11.6 Å². The molecule has 2 aromatic heterocycles. The Morgan fingerprint density at radius 3 is 2.59 bits per heavy atom. The van der Waals surface area contributed by atoms with Crippen LogP contribution < -0.4 is 15.8 Å². The Bertz CT molecular complexity index is 1240. The second kappa shape index (κ2) is 9.30. The monoisotopic (exact) mass is 429 g/mol. The van der Waals surface area contributed by atoms with Crippen LogP contribution in [0.25, 0.3) is 10.9 Å². The van der Waals surface area contributed by atoms with Crippen molar-refractivity contribution in [1.82, 2.24) is 15.0 Å². The lowest BCUT2D eigenvalue weighted by Gasteiger charge is -2.13. The number of hydrogen-bond acceptors (Lipinski definition) is 8. The lowest BCUT2D eigenvalue weighted by atomic mass is 10.2. The van der Waals surface area contributed by atoms with Gasteiger partial charge in [0.25, 0.3) is 0 Å².